The number of imidazole rings is 1. The molecule has 3 aromatic rings. The van der Waals surface area contributed by atoms with Crippen molar-refractivity contribution in [3.8, 4) is 0 Å². The Hall–Kier alpha value is -2.04. The third-order valence-corrected chi connectivity index (χ3v) is 3.45. The Morgan fingerprint density at radius 2 is 1.68 bits per heavy atom. The summed E-state index contributed by atoms with van der Waals surface area (Å²) >= 11 is 6.24. The number of aromatic amines is 2. The molecule has 19 heavy (non-hydrogen) atoms. The van der Waals surface area contributed by atoms with Crippen molar-refractivity contribution in [2.45, 2.75) is 6.04 Å². The molecular weight excluding hydrogens is 262 g/mol. The van der Waals surface area contributed by atoms with Crippen molar-refractivity contribution in [2.24, 2.45) is 5.73 Å². The van der Waals surface area contributed by atoms with Crippen molar-refractivity contribution >= 4 is 22.6 Å². The minimum Gasteiger partial charge on any atom is -0.320 e. The molecule has 1 unspecified atom stereocenters. The fourth-order valence-electron chi connectivity index (χ4n) is 2.15. The van der Waals surface area contributed by atoms with Crippen LogP contribution in [0, 0.1) is 0 Å². The molecule has 0 aliphatic heterocycles. The van der Waals surface area contributed by atoms with Crippen LogP contribution >= 0.6 is 11.6 Å². The van der Waals surface area contributed by atoms with Gasteiger partial charge in [-0.1, -0.05) is 41.9 Å². The number of halogens is 1. The molecule has 3 rings (SSSR count). The van der Waals surface area contributed by atoms with E-state index < -0.39 is 0 Å². The highest BCUT2D eigenvalue weighted by molar-refractivity contribution is 6.32. The molecule has 4 N–H and O–H groups in total. The lowest BCUT2D eigenvalue weighted by Gasteiger charge is -2.14. The molecule has 0 fully saturated rings. The Morgan fingerprint density at radius 3 is 2.37 bits per heavy atom. The van der Waals surface area contributed by atoms with Crippen molar-refractivity contribution in [3.05, 3.63) is 69.1 Å². The Kier molecular flexibility index (Phi) is 2.89. The largest absolute Gasteiger partial charge is 0.323 e. The summed E-state index contributed by atoms with van der Waals surface area (Å²) < 4.78 is 0. The van der Waals surface area contributed by atoms with Crippen LogP contribution in [0.4, 0.5) is 0 Å². The van der Waals surface area contributed by atoms with Crippen LogP contribution in [0.3, 0.4) is 0 Å². The molecule has 4 nitrogen and oxygen atoms in total. The summed E-state index contributed by atoms with van der Waals surface area (Å²) in [7, 11) is 0. The van der Waals surface area contributed by atoms with Crippen LogP contribution in [0.25, 0.3) is 11.0 Å². The molecule has 0 bridgehead atoms. The molecule has 1 heterocycles. The van der Waals surface area contributed by atoms with Crippen LogP contribution in [0.15, 0.2) is 47.3 Å². The second-order valence-corrected chi connectivity index (χ2v) is 4.79. The fraction of sp³-hybridized carbons (Fsp3) is 0.0714. The lowest BCUT2D eigenvalue weighted by molar-refractivity contribution is 0.873. The lowest BCUT2D eigenvalue weighted by Crippen LogP contribution is -2.12. The standard InChI is InChI=1S/C14H12ClN3O/c15-10-7-12-11(17-14(19)18-12)6-9(10)13(16)8-4-2-1-3-5-8/h1-7,13H,16H2,(H2,17,18,19). The first kappa shape index (κ1) is 12.0. The molecule has 0 saturated heterocycles. The third-order valence-electron chi connectivity index (χ3n) is 3.13. The van der Waals surface area contributed by atoms with Crippen molar-refractivity contribution in [3.63, 3.8) is 0 Å². The summed E-state index contributed by atoms with van der Waals surface area (Å²) in [6, 6.07) is 12.9. The molecule has 0 radical (unpaired) electrons. The molecule has 0 spiro atoms. The zero-order valence-electron chi connectivity index (χ0n) is 9.98. The van der Waals surface area contributed by atoms with E-state index in [0.717, 1.165) is 11.1 Å². The second kappa shape index (κ2) is 4.57. The number of fused-ring (bicyclic) bond motifs is 1. The van der Waals surface area contributed by atoms with Crippen molar-refractivity contribution in [2.75, 3.05) is 0 Å². The normalized spacial score (nSPS) is 12.7. The van der Waals surface area contributed by atoms with Gasteiger partial charge in [-0.3, -0.25) is 0 Å². The van der Waals surface area contributed by atoms with Crippen molar-refractivity contribution < 1.29 is 0 Å². The Labute approximate surface area is 114 Å². The van der Waals surface area contributed by atoms with E-state index in [4.69, 9.17) is 17.3 Å². The van der Waals surface area contributed by atoms with Crippen LogP contribution in [-0.2, 0) is 0 Å². The number of benzene rings is 2. The molecule has 1 aromatic heterocycles. The van der Waals surface area contributed by atoms with Gasteiger partial charge in [0.1, 0.15) is 0 Å². The van der Waals surface area contributed by atoms with Gasteiger partial charge in [0.2, 0.25) is 0 Å². The molecule has 0 amide bonds. The summed E-state index contributed by atoms with van der Waals surface area (Å²) in [5.74, 6) is 0. The molecule has 2 aromatic carbocycles. The molecule has 0 aliphatic carbocycles. The number of rotatable bonds is 2. The van der Waals surface area contributed by atoms with Crippen LogP contribution in [0.1, 0.15) is 17.2 Å². The molecule has 1 atom stereocenters. The predicted octanol–water partition coefficient (Wildman–Crippen LogP) is 2.56. The molecule has 5 heteroatoms. The highest BCUT2D eigenvalue weighted by Crippen LogP contribution is 2.29. The summed E-state index contributed by atoms with van der Waals surface area (Å²) in [5, 5.41) is 0.541. The van der Waals surface area contributed by atoms with Crippen LogP contribution < -0.4 is 11.4 Å². The van der Waals surface area contributed by atoms with E-state index in [2.05, 4.69) is 9.97 Å². The van der Waals surface area contributed by atoms with Crippen molar-refractivity contribution in [1.29, 1.82) is 0 Å². The maximum atomic E-state index is 11.3. The molecule has 0 saturated carbocycles. The first-order valence-corrected chi connectivity index (χ1v) is 6.25. The quantitative estimate of drug-likeness (QED) is 0.671. The maximum Gasteiger partial charge on any atom is 0.323 e. The van der Waals surface area contributed by atoms with Gasteiger partial charge < -0.3 is 15.7 Å². The highest BCUT2D eigenvalue weighted by Gasteiger charge is 2.14. The molecule has 96 valence electrons. The number of aromatic nitrogens is 2. The summed E-state index contributed by atoms with van der Waals surface area (Å²) in [5.41, 5.74) is 9.12. The Morgan fingerprint density at radius 1 is 1.05 bits per heavy atom. The summed E-state index contributed by atoms with van der Waals surface area (Å²) in [6.07, 6.45) is 0. The first-order valence-electron chi connectivity index (χ1n) is 5.87. The third kappa shape index (κ3) is 2.16. The van der Waals surface area contributed by atoms with E-state index in [1.807, 2.05) is 36.4 Å². The summed E-state index contributed by atoms with van der Waals surface area (Å²) in [6.45, 7) is 0. The van der Waals surface area contributed by atoms with E-state index in [-0.39, 0.29) is 11.7 Å². The van der Waals surface area contributed by atoms with E-state index >= 15 is 0 Å². The monoisotopic (exact) mass is 273 g/mol. The molecule has 0 aliphatic rings. The van der Waals surface area contributed by atoms with Gasteiger partial charge in [-0.15, -0.1) is 0 Å². The average Bonchev–Trinajstić information content (AvgIpc) is 2.77. The van der Waals surface area contributed by atoms with Crippen LogP contribution in [0.5, 0.6) is 0 Å². The number of hydrogen-bond donors (Lipinski definition) is 3. The number of hydrogen-bond acceptors (Lipinski definition) is 2. The van der Waals surface area contributed by atoms with Gasteiger partial charge in [-0.2, -0.15) is 0 Å². The van der Waals surface area contributed by atoms with E-state index in [0.29, 0.717) is 16.1 Å². The van der Waals surface area contributed by atoms with Gasteiger partial charge >= 0.3 is 5.69 Å². The maximum absolute atomic E-state index is 11.3. The van der Waals surface area contributed by atoms with Crippen LogP contribution in [-0.4, -0.2) is 9.97 Å². The molecular formula is C14H12ClN3O. The van der Waals surface area contributed by atoms with E-state index in [9.17, 15) is 4.79 Å². The Bertz CT molecular complexity index is 776. The Balaban J connectivity index is 2.14. The van der Waals surface area contributed by atoms with E-state index in [1.54, 1.807) is 6.07 Å². The zero-order valence-corrected chi connectivity index (χ0v) is 10.7. The minimum atomic E-state index is -0.323. The van der Waals surface area contributed by atoms with E-state index in [1.165, 1.54) is 0 Å². The highest BCUT2D eigenvalue weighted by atomic mass is 35.5. The lowest BCUT2D eigenvalue weighted by atomic mass is 9.99. The smallest absolute Gasteiger partial charge is 0.320 e. The minimum absolute atomic E-state index is 0.253. The second-order valence-electron chi connectivity index (χ2n) is 4.39. The van der Waals surface area contributed by atoms with Crippen molar-refractivity contribution in [1.82, 2.24) is 9.97 Å². The number of nitrogens with one attached hydrogen (secondary N) is 2. The topological polar surface area (TPSA) is 74.7 Å². The van der Waals surface area contributed by atoms with Gasteiger partial charge in [-0.05, 0) is 23.3 Å². The number of H-pyrrole nitrogens is 2. The van der Waals surface area contributed by atoms with Gasteiger partial charge in [0.25, 0.3) is 0 Å². The number of nitrogens with two attached hydrogens (primary N) is 1. The van der Waals surface area contributed by atoms with Gasteiger partial charge in [0.15, 0.2) is 0 Å². The van der Waals surface area contributed by atoms with Gasteiger partial charge in [0.05, 0.1) is 17.1 Å². The fourth-order valence-corrected chi connectivity index (χ4v) is 2.43. The predicted molar refractivity (Wildman–Crippen MR) is 76.4 cm³/mol. The summed E-state index contributed by atoms with van der Waals surface area (Å²) in [4.78, 5) is 16.6. The zero-order chi connectivity index (χ0) is 13.4. The average molecular weight is 274 g/mol. The van der Waals surface area contributed by atoms with Gasteiger partial charge in [-0.25, -0.2) is 4.79 Å². The first-order chi connectivity index (χ1) is 9.15. The SMILES string of the molecule is NC(c1ccccc1)c1cc2[nH]c(=O)[nH]c2cc1Cl. The van der Waals surface area contributed by atoms with Gasteiger partial charge in [0, 0.05) is 5.02 Å². The van der Waals surface area contributed by atoms with Crippen LogP contribution in [0.2, 0.25) is 5.02 Å².